The lowest BCUT2D eigenvalue weighted by Crippen LogP contribution is -2.36. The Hall–Kier alpha value is -1.92. The third-order valence-electron chi connectivity index (χ3n) is 3.21. The van der Waals surface area contributed by atoms with E-state index in [1.165, 1.54) is 0 Å². The summed E-state index contributed by atoms with van der Waals surface area (Å²) in [6.45, 7) is 8.24. The number of carbonyl (C=O) groups excluding carboxylic acids is 1. The van der Waals surface area contributed by atoms with Gasteiger partial charge in [0.15, 0.2) is 0 Å². The van der Waals surface area contributed by atoms with Crippen molar-refractivity contribution in [2.75, 3.05) is 44.3 Å². The molecule has 1 fully saturated rings. The topological polar surface area (TPSA) is 66.5 Å². The number of pyridine rings is 1. The maximum absolute atomic E-state index is 11.6. The number of amides is 1. The van der Waals surface area contributed by atoms with E-state index in [2.05, 4.69) is 27.1 Å². The average Bonchev–Trinajstić information content (AvgIpc) is 2.54. The number of carbonyl (C=O) groups is 1. The van der Waals surface area contributed by atoms with Crippen LogP contribution >= 0.6 is 0 Å². The number of anilines is 1. The Labute approximate surface area is 125 Å². The molecule has 21 heavy (non-hydrogen) atoms. The molecular weight excluding hydrogens is 268 g/mol. The summed E-state index contributed by atoms with van der Waals surface area (Å²) in [5.74, 6) is 0.926. The molecule has 1 aliphatic heterocycles. The molecule has 0 saturated carbocycles. The minimum Gasteiger partial charge on any atom is -0.378 e. The van der Waals surface area contributed by atoms with Gasteiger partial charge in [0.2, 0.25) is 5.91 Å². The first-order chi connectivity index (χ1) is 10.3. The van der Waals surface area contributed by atoms with Crippen LogP contribution in [0.4, 0.5) is 5.82 Å². The molecule has 6 nitrogen and oxygen atoms in total. The van der Waals surface area contributed by atoms with Gasteiger partial charge in [-0.05, 0) is 11.6 Å². The molecule has 2 rings (SSSR count). The van der Waals surface area contributed by atoms with Crippen molar-refractivity contribution in [3.8, 4) is 0 Å². The summed E-state index contributed by atoms with van der Waals surface area (Å²) in [5, 5.41) is 5.81. The number of hydrogen-bond donors (Lipinski definition) is 2. The van der Waals surface area contributed by atoms with Crippen molar-refractivity contribution >= 4 is 11.7 Å². The van der Waals surface area contributed by atoms with Crippen LogP contribution in [0.1, 0.15) is 5.56 Å². The first-order valence-electron chi connectivity index (χ1n) is 7.15. The fraction of sp³-hybridized carbons (Fsp3) is 0.467. The highest BCUT2D eigenvalue weighted by molar-refractivity contribution is 5.77. The lowest BCUT2D eigenvalue weighted by molar-refractivity contribution is -0.120. The Bertz CT molecular complexity index is 455. The van der Waals surface area contributed by atoms with E-state index < -0.39 is 0 Å². The number of ether oxygens (including phenoxy) is 1. The van der Waals surface area contributed by atoms with Crippen molar-refractivity contribution in [1.29, 1.82) is 0 Å². The van der Waals surface area contributed by atoms with E-state index in [1.54, 1.807) is 6.08 Å². The van der Waals surface area contributed by atoms with Crippen LogP contribution in [0, 0.1) is 0 Å². The number of rotatable bonds is 7. The van der Waals surface area contributed by atoms with E-state index >= 15 is 0 Å². The van der Waals surface area contributed by atoms with E-state index in [4.69, 9.17) is 4.74 Å². The predicted octanol–water partition coefficient (Wildman–Crippen LogP) is 0.310. The highest BCUT2D eigenvalue weighted by Crippen LogP contribution is 2.12. The summed E-state index contributed by atoms with van der Waals surface area (Å²) in [5.41, 5.74) is 0.990. The number of morpholine rings is 1. The highest BCUT2D eigenvalue weighted by atomic mass is 16.5. The summed E-state index contributed by atoms with van der Waals surface area (Å²) in [7, 11) is 0. The van der Waals surface area contributed by atoms with E-state index in [9.17, 15) is 4.79 Å². The summed E-state index contributed by atoms with van der Waals surface area (Å²) in [6, 6.07) is 3.98. The van der Waals surface area contributed by atoms with Crippen LogP contribution in [0.25, 0.3) is 0 Å². The van der Waals surface area contributed by atoms with Gasteiger partial charge in [0.05, 0.1) is 19.8 Å². The fourth-order valence-corrected chi connectivity index (χ4v) is 2.05. The van der Waals surface area contributed by atoms with Gasteiger partial charge in [0.1, 0.15) is 5.82 Å². The second kappa shape index (κ2) is 8.39. The molecule has 0 atom stereocenters. The molecule has 1 saturated heterocycles. The molecule has 0 aliphatic carbocycles. The molecule has 1 aromatic rings. The van der Waals surface area contributed by atoms with Gasteiger partial charge in [-0.2, -0.15) is 0 Å². The van der Waals surface area contributed by atoms with E-state index in [0.717, 1.165) is 37.7 Å². The van der Waals surface area contributed by atoms with E-state index in [1.807, 2.05) is 18.3 Å². The molecule has 0 aromatic carbocycles. The van der Waals surface area contributed by atoms with Crippen LogP contribution in [0.15, 0.2) is 31.0 Å². The van der Waals surface area contributed by atoms with Crippen LogP contribution in [-0.2, 0) is 16.1 Å². The Morgan fingerprint density at radius 3 is 2.90 bits per heavy atom. The summed E-state index contributed by atoms with van der Waals surface area (Å²) in [4.78, 5) is 18.2. The smallest absolute Gasteiger partial charge is 0.234 e. The average molecular weight is 290 g/mol. The van der Waals surface area contributed by atoms with Crippen LogP contribution in [-0.4, -0.2) is 50.3 Å². The second-order valence-electron chi connectivity index (χ2n) is 4.82. The van der Waals surface area contributed by atoms with Gasteiger partial charge in [-0.25, -0.2) is 4.98 Å². The molecule has 0 radical (unpaired) electrons. The highest BCUT2D eigenvalue weighted by Gasteiger charge is 2.11. The zero-order valence-electron chi connectivity index (χ0n) is 12.2. The number of aromatic nitrogens is 1. The van der Waals surface area contributed by atoms with Gasteiger partial charge in [0.25, 0.3) is 0 Å². The molecule has 2 N–H and O–H groups in total. The van der Waals surface area contributed by atoms with Crippen molar-refractivity contribution in [1.82, 2.24) is 15.6 Å². The molecular formula is C15H22N4O2. The van der Waals surface area contributed by atoms with Crippen molar-refractivity contribution < 1.29 is 9.53 Å². The third-order valence-corrected chi connectivity index (χ3v) is 3.21. The van der Waals surface area contributed by atoms with Gasteiger partial charge in [0, 0.05) is 32.4 Å². The molecule has 1 amide bonds. The number of hydrogen-bond acceptors (Lipinski definition) is 5. The molecule has 114 valence electrons. The molecule has 1 aliphatic rings. The first-order valence-corrected chi connectivity index (χ1v) is 7.15. The minimum absolute atomic E-state index is 0.0332. The quantitative estimate of drug-likeness (QED) is 0.559. The normalized spacial score (nSPS) is 14.8. The SMILES string of the molecule is C=CCNCC(=O)NCc1ccc(N2CCOCC2)nc1. The third kappa shape index (κ3) is 5.17. The maximum Gasteiger partial charge on any atom is 0.234 e. The lowest BCUT2D eigenvalue weighted by Gasteiger charge is -2.27. The molecule has 0 bridgehead atoms. The van der Waals surface area contributed by atoms with Crippen molar-refractivity contribution in [2.45, 2.75) is 6.54 Å². The van der Waals surface area contributed by atoms with Gasteiger partial charge < -0.3 is 20.3 Å². The zero-order chi connectivity index (χ0) is 14.9. The molecule has 1 aromatic heterocycles. The predicted molar refractivity (Wildman–Crippen MR) is 82.2 cm³/mol. The maximum atomic E-state index is 11.6. The van der Waals surface area contributed by atoms with Crippen LogP contribution in [0.5, 0.6) is 0 Å². The molecule has 2 heterocycles. The van der Waals surface area contributed by atoms with Gasteiger partial charge in [-0.1, -0.05) is 12.1 Å². The molecule has 0 spiro atoms. The Balaban J connectivity index is 1.76. The minimum atomic E-state index is -0.0332. The van der Waals surface area contributed by atoms with Crippen molar-refractivity contribution in [3.63, 3.8) is 0 Å². The van der Waals surface area contributed by atoms with Gasteiger partial charge in [-0.3, -0.25) is 4.79 Å². The Morgan fingerprint density at radius 2 is 2.24 bits per heavy atom. The summed E-state index contributed by atoms with van der Waals surface area (Å²) in [6.07, 6.45) is 3.53. The largest absolute Gasteiger partial charge is 0.378 e. The zero-order valence-corrected chi connectivity index (χ0v) is 12.2. The summed E-state index contributed by atoms with van der Waals surface area (Å²) < 4.78 is 5.32. The van der Waals surface area contributed by atoms with E-state index in [0.29, 0.717) is 19.6 Å². The van der Waals surface area contributed by atoms with Gasteiger partial charge >= 0.3 is 0 Å². The van der Waals surface area contributed by atoms with E-state index in [-0.39, 0.29) is 5.91 Å². The van der Waals surface area contributed by atoms with Crippen LogP contribution < -0.4 is 15.5 Å². The lowest BCUT2D eigenvalue weighted by atomic mass is 10.2. The van der Waals surface area contributed by atoms with Crippen molar-refractivity contribution in [3.05, 3.63) is 36.5 Å². The van der Waals surface area contributed by atoms with Crippen molar-refractivity contribution in [2.24, 2.45) is 0 Å². The Morgan fingerprint density at radius 1 is 1.43 bits per heavy atom. The Kier molecular flexibility index (Phi) is 6.18. The molecule has 6 heteroatoms. The fourth-order valence-electron chi connectivity index (χ4n) is 2.05. The first kappa shape index (κ1) is 15.5. The standard InChI is InChI=1S/C15H22N4O2/c1-2-5-16-12-15(20)18-11-13-3-4-14(17-10-13)19-6-8-21-9-7-19/h2-4,10,16H,1,5-9,11-12H2,(H,18,20). The molecule has 0 unspecified atom stereocenters. The monoisotopic (exact) mass is 290 g/mol. The van der Waals surface area contributed by atoms with Crippen LogP contribution in [0.3, 0.4) is 0 Å². The second-order valence-corrected chi connectivity index (χ2v) is 4.82. The number of nitrogens with zero attached hydrogens (tertiary/aromatic N) is 2. The van der Waals surface area contributed by atoms with Gasteiger partial charge in [-0.15, -0.1) is 6.58 Å². The van der Waals surface area contributed by atoms with Crippen LogP contribution in [0.2, 0.25) is 0 Å². The summed E-state index contributed by atoms with van der Waals surface area (Å²) >= 11 is 0. The number of nitrogens with one attached hydrogen (secondary N) is 2.